The van der Waals surface area contributed by atoms with E-state index in [2.05, 4.69) is 21.8 Å². The second-order valence-corrected chi connectivity index (χ2v) is 6.40. The highest BCUT2D eigenvalue weighted by Gasteiger charge is 2.32. The number of hydrogen-bond donors (Lipinski definition) is 1. The zero-order valence-electron chi connectivity index (χ0n) is 12.8. The molecule has 1 aromatic carbocycles. The monoisotopic (exact) mass is 322 g/mol. The predicted molar refractivity (Wildman–Crippen MR) is 87.5 cm³/mol. The summed E-state index contributed by atoms with van der Waals surface area (Å²) in [6.07, 6.45) is 5.20. The van der Waals surface area contributed by atoms with Gasteiger partial charge in [-0.25, -0.2) is 0 Å². The summed E-state index contributed by atoms with van der Waals surface area (Å²) >= 11 is 1.64. The summed E-state index contributed by atoms with van der Waals surface area (Å²) in [6, 6.07) is 6.67. The lowest BCUT2D eigenvalue weighted by molar-refractivity contribution is -0.109. The highest BCUT2D eigenvalue weighted by Crippen LogP contribution is 2.38. The van der Waals surface area contributed by atoms with Gasteiger partial charge < -0.3 is 14.3 Å². The molecular formula is C16H22N2O3S. The van der Waals surface area contributed by atoms with E-state index in [0.29, 0.717) is 25.3 Å². The Morgan fingerprint density at radius 3 is 3.09 bits per heavy atom. The van der Waals surface area contributed by atoms with Crippen molar-refractivity contribution >= 4 is 18.2 Å². The fourth-order valence-corrected chi connectivity index (χ4v) is 3.66. The van der Waals surface area contributed by atoms with Crippen molar-refractivity contribution in [1.29, 1.82) is 0 Å². The Hall–Kier alpha value is -1.24. The van der Waals surface area contributed by atoms with E-state index in [1.54, 1.807) is 11.9 Å². The van der Waals surface area contributed by atoms with Crippen LogP contribution in [0.4, 0.5) is 0 Å². The second kappa shape index (κ2) is 7.35. The number of carbonyl (C=O) groups is 1. The largest absolute Gasteiger partial charge is 0.454 e. The molecule has 1 aromatic rings. The van der Waals surface area contributed by atoms with Crippen molar-refractivity contribution in [3.05, 3.63) is 23.8 Å². The number of nitrogens with one attached hydrogen (secondary N) is 1. The van der Waals surface area contributed by atoms with E-state index >= 15 is 0 Å². The zero-order valence-corrected chi connectivity index (χ0v) is 13.6. The van der Waals surface area contributed by atoms with Gasteiger partial charge in [0.15, 0.2) is 11.5 Å². The molecule has 6 heteroatoms. The fourth-order valence-electron chi connectivity index (χ4n) is 3.34. The van der Waals surface area contributed by atoms with Gasteiger partial charge in [0, 0.05) is 19.1 Å². The van der Waals surface area contributed by atoms with Gasteiger partial charge >= 0.3 is 0 Å². The van der Waals surface area contributed by atoms with Crippen LogP contribution in [0.2, 0.25) is 0 Å². The van der Waals surface area contributed by atoms with E-state index in [1.807, 2.05) is 12.3 Å². The number of ether oxygens (including phenoxy) is 2. The number of carbonyl (C=O) groups excluding carboxylic acids is 1. The number of nitrogens with zero attached hydrogens (tertiary/aromatic N) is 1. The molecule has 0 aromatic heterocycles. The third-order valence-corrected chi connectivity index (χ3v) is 4.92. The van der Waals surface area contributed by atoms with Gasteiger partial charge in [-0.15, -0.1) is 0 Å². The molecule has 22 heavy (non-hydrogen) atoms. The van der Waals surface area contributed by atoms with Crippen LogP contribution in [0.25, 0.3) is 0 Å². The van der Waals surface area contributed by atoms with Crippen molar-refractivity contribution in [2.24, 2.45) is 0 Å². The smallest absolute Gasteiger partial charge is 0.231 e. The minimum Gasteiger partial charge on any atom is -0.454 e. The van der Waals surface area contributed by atoms with E-state index in [1.165, 1.54) is 5.56 Å². The topological polar surface area (TPSA) is 50.8 Å². The number of fused-ring (bicyclic) bond motifs is 1. The van der Waals surface area contributed by atoms with Crippen LogP contribution in [0, 0.1) is 0 Å². The zero-order chi connectivity index (χ0) is 15.4. The molecule has 2 unspecified atom stereocenters. The molecule has 1 fully saturated rings. The summed E-state index contributed by atoms with van der Waals surface area (Å²) in [5.74, 6) is 2.12. The molecule has 0 bridgehead atoms. The molecule has 1 N–H and O–H groups in total. The molecular weight excluding hydrogens is 300 g/mol. The first-order valence-electron chi connectivity index (χ1n) is 7.65. The standard InChI is InChI=1S/C16H22N2O3S/c1-22-17-5-4-14-8-13(10-18(14)6-7-19)12-2-3-15-16(9-12)21-11-20-15/h2-3,7,9,13-14,17H,4-6,8,10-11H2,1H3. The molecule has 1 saturated heterocycles. The van der Waals surface area contributed by atoms with Crippen LogP contribution in [0.1, 0.15) is 24.3 Å². The first-order valence-corrected chi connectivity index (χ1v) is 8.87. The molecule has 0 aliphatic carbocycles. The van der Waals surface area contributed by atoms with Crippen LogP contribution >= 0.6 is 11.9 Å². The highest BCUT2D eigenvalue weighted by molar-refractivity contribution is 7.96. The summed E-state index contributed by atoms with van der Waals surface area (Å²) in [4.78, 5) is 13.2. The lowest BCUT2D eigenvalue weighted by Crippen LogP contribution is -2.33. The maximum absolute atomic E-state index is 10.9. The molecule has 0 saturated carbocycles. The number of benzene rings is 1. The minimum absolute atomic E-state index is 0.309. The Balaban J connectivity index is 1.68. The summed E-state index contributed by atoms with van der Waals surface area (Å²) < 4.78 is 14.1. The van der Waals surface area contributed by atoms with Gasteiger partial charge in [-0.2, -0.15) is 0 Å². The first-order chi connectivity index (χ1) is 10.8. The SMILES string of the molecule is CSNCCC1CC(c2ccc3c(c2)OCO3)CN1CC=O. The minimum atomic E-state index is 0.309. The Kier molecular flexibility index (Phi) is 5.23. The number of likely N-dealkylation sites (tertiary alicyclic amines) is 1. The summed E-state index contributed by atoms with van der Waals surface area (Å²) in [5, 5.41) is 0. The van der Waals surface area contributed by atoms with E-state index < -0.39 is 0 Å². The number of aldehydes is 1. The van der Waals surface area contributed by atoms with Crippen molar-refractivity contribution in [3.63, 3.8) is 0 Å². The van der Waals surface area contributed by atoms with Crippen LogP contribution in [0.3, 0.4) is 0 Å². The van der Waals surface area contributed by atoms with Crippen LogP contribution in [-0.4, -0.2) is 49.9 Å². The maximum Gasteiger partial charge on any atom is 0.231 e. The van der Waals surface area contributed by atoms with Crippen LogP contribution in [0.15, 0.2) is 18.2 Å². The molecule has 5 nitrogen and oxygen atoms in total. The highest BCUT2D eigenvalue weighted by atomic mass is 32.2. The first kappa shape index (κ1) is 15.6. The van der Waals surface area contributed by atoms with E-state index in [0.717, 1.165) is 43.7 Å². The van der Waals surface area contributed by atoms with Gasteiger partial charge in [0.1, 0.15) is 6.29 Å². The normalized spacial score (nSPS) is 23.9. The van der Waals surface area contributed by atoms with Crippen molar-refractivity contribution in [1.82, 2.24) is 9.62 Å². The summed E-state index contributed by atoms with van der Waals surface area (Å²) in [5.41, 5.74) is 1.28. The van der Waals surface area contributed by atoms with Gasteiger partial charge in [0.2, 0.25) is 6.79 Å². The molecule has 120 valence electrons. The van der Waals surface area contributed by atoms with Crippen LogP contribution in [-0.2, 0) is 4.79 Å². The average molecular weight is 322 g/mol. The van der Waals surface area contributed by atoms with Crippen molar-refractivity contribution in [2.45, 2.75) is 24.8 Å². The Morgan fingerprint density at radius 2 is 2.27 bits per heavy atom. The molecule has 0 spiro atoms. The van der Waals surface area contributed by atoms with Gasteiger partial charge in [0.05, 0.1) is 6.54 Å². The number of hydrogen-bond acceptors (Lipinski definition) is 6. The molecule has 3 rings (SSSR count). The predicted octanol–water partition coefficient (Wildman–Crippen LogP) is 2.03. The van der Waals surface area contributed by atoms with Crippen LogP contribution in [0.5, 0.6) is 11.5 Å². The van der Waals surface area contributed by atoms with Gasteiger partial charge in [-0.3, -0.25) is 9.62 Å². The maximum atomic E-state index is 10.9. The summed E-state index contributed by atoms with van der Waals surface area (Å²) in [7, 11) is 0. The molecule has 2 heterocycles. The molecule has 2 aliphatic heterocycles. The van der Waals surface area contributed by atoms with Crippen molar-refractivity contribution < 1.29 is 14.3 Å². The van der Waals surface area contributed by atoms with E-state index in [-0.39, 0.29) is 0 Å². The lowest BCUT2D eigenvalue weighted by Gasteiger charge is -2.21. The number of rotatable bonds is 7. The van der Waals surface area contributed by atoms with Gasteiger partial charge in [-0.1, -0.05) is 18.0 Å². The Bertz CT molecular complexity index is 526. The van der Waals surface area contributed by atoms with Crippen LogP contribution < -0.4 is 14.2 Å². The average Bonchev–Trinajstić information content (AvgIpc) is 3.14. The summed E-state index contributed by atoms with van der Waals surface area (Å²) in [6.45, 7) is 2.73. The fraction of sp³-hybridized carbons (Fsp3) is 0.562. The lowest BCUT2D eigenvalue weighted by atomic mass is 9.95. The Morgan fingerprint density at radius 1 is 1.41 bits per heavy atom. The van der Waals surface area contributed by atoms with Crippen molar-refractivity contribution in [2.75, 3.05) is 32.7 Å². The molecule has 0 radical (unpaired) electrons. The third kappa shape index (κ3) is 3.39. The molecule has 2 atom stereocenters. The molecule has 2 aliphatic rings. The second-order valence-electron chi connectivity index (χ2n) is 5.71. The van der Waals surface area contributed by atoms with Gasteiger partial charge in [0.25, 0.3) is 0 Å². The quantitative estimate of drug-likeness (QED) is 0.471. The molecule has 0 amide bonds. The van der Waals surface area contributed by atoms with E-state index in [4.69, 9.17) is 9.47 Å². The van der Waals surface area contributed by atoms with Crippen molar-refractivity contribution in [3.8, 4) is 11.5 Å². The Labute approximate surface area is 135 Å². The van der Waals surface area contributed by atoms with E-state index in [9.17, 15) is 4.79 Å². The third-order valence-electron chi connectivity index (χ3n) is 4.43. The van der Waals surface area contributed by atoms with Gasteiger partial charge in [-0.05, 0) is 42.7 Å².